The number of anilines is 1. The molecule has 0 radical (unpaired) electrons. The molecular formula is C12H13ClN4OS. The average Bonchev–Trinajstić information content (AvgIpc) is 2.83. The van der Waals surface area contributed by atoms with E-state index >= 15 is 0 Å². The number of nitrogens with one attached hydrogen (secondary N) is 1. The largest absolute Gasteiger partial charge is 0.372 e. The molecule has 0 spiro atoms. The Kier molecular flexibility index (Phi) is 4.34. The lowest BCUT2D eigenvalue weighted by Gasteiger charge is -2.15. The van der Waals surface area contributed by atoms with Gasteiger partial charge in [0.05, 0.1) is 23.3 Å². The number of rotatable bonds is 4. The van der Waals surface area contributed by atoms with Gasteiger partial charge < -0.3 is 10.2 Å². The first-order chi connectivity index (χ1) is 9.10. The van der Waals surface area contributed by atoms with Crippen LogP contribution in [-0.4, -0.2) is 34.9 Å². The van der Waals surface area contributed by atoms with Gasteiger partial charge in [-0.2, -0.15) is 0 Å². The Hall–Kier alpha value is -1.66. The summed E-state index contributed by atoms with van der Waals surface area (Å²) in [5.41, 5.74) is 0.317. The molecule has 0 aliphatic rings. The Labute approximate surface area is 120 Å². The lowest BCUT2D eigenvalue weighted by atomic mass is 10.3. The van der Waals surface area contributed by atoms with Gasteiger partial charge in [-0.15, -0.1) is 11.3 Å². The van der Waals surface area contributed by atoms with Crippen LogP contribution >= 0.6 is 22.9 Å². The van der Waals surface area contributed by atoms with E-state index in [2.05, 4.69) is 15.3 Å². The fourth-order valence-corrected chi connectivity index (χ4v) is 2.67. The molecule has 5 nitrogen and oxygen atoms in total. The summed E-state index contributed by atoms with van der Waals surface area (Å²) in [4.78, 5) is 23.0. The number of halogens is 1. The number of amides is 1. The topological polar surface area (TPSA) is 58.1 Å². The van der Waals surface area contributed by atoms with Gasteiger partial charge in [-0.1, -0.05) is 11.6 Å². The summed E-state index contributed by atoms with van der Waals surface area (Å²) in [6.07, 6.45) is 3.02. The van der Waals surface area contributed by atoms with Crippen molar-refractivity contribution in [1.29, 1.82) is 0 Å². The molecule has 0 fully saturated rings. The molecule has 0 bridgehead atoms. The molecule has 0 saturated carbocycles. The van der Waals surface area contributed by atoms with Crippen LogP contribution in [-0.2, 0) is 6.54 Å². The van der Waals surface area contributed by atoms with Crippen molar-refractivity contribution in [2.45, 2.75) is 6.54 Å². The first-order valence-corrected chi connectivity index (χ1v) is 6.79. The normalized spacial score (nSPS) is 10.3. The van der Waals surface area contributed by atoms with Gasteiger partial charge in [0.15, 0.2) is 0 Å². The van der Waals surface area contributed by atoms with Crippen LogP contribution in [0.4, 0.5) is 5.82 Å². The van der Waals surface area contributed by atoms with Gasteiger partial charge in [0, 0.05) is 19.0 Å². The van der Waals surface area contributed by atoms with E-state index in [-0.39, 0.29) is 5.91 Å². The van der Waals surface area contributed by atoms with Crippen LogP contribution in [0.3, 0.4) is 0 Å². The molecule has 0 aliphatic carbocycles. The highest BCUT2D eigenvalue weighted by Crippen LogP contribution is 2.22. The molecule has 0 aromatic carbocycles. The molecule has 1 amide bonds. The monoisotopic (exact) mass is 296 g/mol. The number of nitrogens with zero attached hydrogens (tertiary/aromatic N) is 3. The second-order valence-electron chi connectivity index (χ2n) is 3.91. The predicted octanol–water partition coefficient (Wildman–Crippen LogP) is 2.51. The molecule has 0 saturated heterocycles. The van der Waals surface area contributed by atoms with Gasteiger partial charge in [0.25, 0.3) is 5.91 Å². The van der Waals surface area contributed by atoms with E-state index in [4.69, 9.17) is 11.6 Å². The lowest BCUT2D eigenvalue weighted by molar-refractivity contribution is 0.0780. The quantitative estimate of drug-likeness (QED) is 0.942. The number of aromatic nitrogens is 2. The average molecular weight is 297 g/mol. The Balaban J connectivity index is 2.09. The van der Waals surface area contributed by atoms with E-state index in [0.29, 0.717) is 22.4 Å². The third kappa shape index (κ3) is 3.42. The molecule has 19 heavy (non-hydrogen) atoms. The third-order valence-electron chi connectivity index (χ3n) is 2.48. The van der Waals surface area contributed by atoms with E-state index < -0.39 is 0 Å². The van der Waals surface area contributed by atoms with Crippen LogP contribution in [0, 0.1) is 0 Å². The summed E-state index contributed by atoms with van der Waals surface area (Å²) in [7, 11) is 3.46. The van der Waals surface area contributed by atoms with Gasteiger partial charge in [-0.3, -0.25) is 9.78 Å². The number of hydrogen-bond donors (Lipinski definition) is 1. The lowest BCUT2D eigenvalue weighted by Crippen LogP contribution is -2.27. The minimum Gasteiger partial charge on any atom is -0.372 e. The second-order valence-corrected chi connectivity index (χ2v) is 5.71. The predicted molar refractivity (Wildman–Crippen MR) is 76.7 cm³/mol. The molecule has 0 unspecified atom stereocenters. The highest BCUT2D eigenvalue weighted by molar-refractivity contribution is 7.16. The van der Waals surface area contributed by atoms with E-state index in [9.17, 15) is 4.79 Å². The smallest absolute Gasteiger partial charge is 0.274 e. The first kappa shape index (κ1) is 13.8. The molecule has 7 heteroatoms. The zero-order chi connectivity index (χ0) is 13.8. The summed E-state index contributed by atoms with van der Waals surface area (Å²) in [6.45, 7) is 0.502. The van der Waals surface area contributed by atoms with E-state index in [1.807, 2.05) is 12.1 Å². The Morgan fingerprint density at radius 1 is 1.47 bits per heavy atom. The van der Waals surface area contributed by atoms with Crippen LogP contribution in [0.1, 0.15) is 15.4 Å². The summed E-state index contributed by atoms with van der Waals surface area (Å²) < 4.78 is 0.716. The standard InChI is InChI=1S/C12H13ClN4OS/c1-14-11-6-15-5-9(16-11)12(18)17(2)7-8-3-4-10(13)19-8/h3-6H,7H2,1-2H3,(H,14,16). The van der Waals surface area contributed by atoms with Crippen LogP contribution in [0.5, 0.6) is 0 Å². The van der Waals surface area contributed by atoms with E-state index in [1.54, 1.807) is 25.2 Å². The Morgan fingerprint density at radius 3 is 2.89 bits per heavy atom. The fraction of sp³-hybridized carbons (Fsp3) is 0.250. The summed E-state index contributed by atoms with van der Waals surface area (Å²) in [6, 6.07) is 3.73. The maximum atomic E-state index is 12.2. The van der Waals surface area contributed by atoms with Gasteiger partial charge in [0.2, 0.25) is 0 Å². The van der Waals surface area contributed by atoms with E-state index in [0.717, 1.165) is 4.88 Å². The van der Waals surface area contributed by atoms with Crippen LogP contribution in [0.15, 0.2) is 24.5 Å². The number of hydrogen-bond acceptors (Lipinski definition) is 5. The molecule has 100 valence electrons. The van der Waals surface area contributed by atoms with Crippen molar-refractivity contribution >= 4 is 34.7 Å². The minimum atomic E-state index is -0.172. The van der Waals surface area contributed by atoms with E-state index in [1.165, 1.54) is 17.5 Å². The van der Waals surface area contributed by atoms with Crippen LogP contribution in [0.2, 0.25) is 4.34 Å². The van der Waals surface area contributed by atoms with Crippen molar-refractivity contribution in [2.24, 2.45) is 0 Å². The maximum absolute atomic E-state index is 12.2. The van der Waals surface area contributed by atoms with Crippen LogP contribution < -0.4 is 5.32 Å². The van der Waals surface area contributed by atoms with Crippen molar-refractivity contribution < 1.29 is 4.79 Å². The van der Waals surface area contributed by atoms with Crippen molar-refractivity contribution in [2.75, 3.05) is 19.4 Å². The SMILES string of the molecule is CNc1cncc(C(=O)N(C)Cc2ccc(Cl)s2)n1. The first-order valence-electron chi connectivity index (χ1n) is 5.59. The molecule has 2 rings (SSSR count). The summed E-state index contributed by atoms with van der Waals surface area (Å²) in [5, 5.41) is 2.85. The van der Waals surface area contributed by atoms with Crippen molar-refractivity contribution in [3.8, 4) is 0 Å². The fourth-order valence-electron chi connectivity index (χ4n) is 1.53. The maximum Gasteiger partial charge on any atom is 0.274 e. The van der Waals surface area contributed by atoms with Gasteiger partial charge in [-0.05, 0) is 12.1 Å². The second kappa shape index (κ2) is 5.99. The molecule has 2 aromatic rings. The molecule has 0 aliphatic heterocycles. The van der Waals surface area contributed by atoms with Crippen LogP contribution in [0.25, 0.3) is 0 Å². The zero-order valence-electron chi connectivity index (χ0n) is 10.6. The third-order valence-corrected chi connectivity index (χ3v) is 3.69. The van der Waals surface area contributed by atoms with Crippen molar-refractivity contribution in [3.05, 3.63) is 39.4 Å². The molecule has 2 aromatic heterocycles. The Morgan fingerprint density at radius 2 is 2.26 bits per heavy atom. The summed E-state index contributed by atoms with van der Waals surface area (Å²) >= 11 is 7.32. The van der Waals surface area contributed by atoms with Gasteiger partial charge in [0.1, 0.15) is 11.5 Å². The Bertz CT molecular complexity index is 587. The van der Waals surface area contributed by atoms with Gasteiger partial charge in [-0.25, -0.2) is 4.98 Å². The van der Waals surface area contributed by atoms with Gasteiger partial charge >= 0.3 is 0 Å². The highest BCUT2D eigenvalue weighted by Gasteiger charge is 2.15. The molecule has 1 N–H and O–H groups in total. The summed E-state index contributed by atoms with van der Waals surface area (Å²) in [5.74, 6) is 0.396. The highest BCUT2D eigenvalue weighted by atomic mass is 35.5. The number of thiophene rings is 1. The zero-order valence-corrected chi connectivity index (χ0v) is 12.1. The minimum absolute atomic E-state index is 0.172. The molecular weight excluding hydrogens is 284 g/mol. The number of carbonyl (C=O) groups excluding carboxylic acids is 1. The molecule has 2 heterocycles. The molecule has 0 atom stereocenters. The van der Waals surface area contributed by atoms with Crippen molar-refractivity contribution in [3.63, 3.8) is 0 Å². The number of carbonyl (C=O) groups is 1. The van der Waals surface area contributed by atoms with Crippen molar-refractivity contribution in [1.82, 2.24) is 14.9 Å².